The van der Waals surface area contributed by atoms with Crippen LogP contribution < -0.4 is 10.6 Å². The molecular formula is C14H19N3O. The summed E-state index contributed by atoms with van der Waals surface area (Å²) in [5.41, 5.74) is 0.574. The standard InChI is InChI=1S/C14H19N3O/c1-2-8-16-14(18)12-5-6-13(17-10-12)15-9-7-11-3-4-11/h2,5-6,10-11H,1,3-4,7-9H2,(H,15,17)(H,16,18). The number of anilines is 1. The minimum atomic E-state index is -0.119. The average molecular weight is 245 g/mol. The molecule has 0 saturated heterocycles. The van der Waals surface area contributed by atoms with Gasteiger partial charge in [-0.05, 0) is 24.5 Å². The highest BCUT2D eigenvalue weighted by Gasteiger charge is 2.20. The predicted molar refractivity (Wildman–Crippen MR) is 72.6 cm³/mol. The van der Waals surface area contributed by atoms with Crippen LogP contribution in [0.3, 0.4) is 0 Å². The molecule has 1 aromatic heterocycles. The van der Waals surface area contributed by atoms with Crippen molar-refractivity contribution in [1.29, 1.82) is 0 Å². The van der Waals surface area contributed by atoms with Crippen LogP contribution in [0.15, 0.2) is 31.0 Å². The lowest BCUT2D eigenvalue weighted by molar-refractivity contribution is 0.0957. The summed E-state index contributed by atoms with van der Waals surface area (Å²) in [6, 6.07) is 3.63. The van der Waals surface area contributed by atoms with Crippen molar-refractivity contribution in [2.24, 2.45) is 5.92 Å². The van der Waals surface area contributed by atoms with Crippen LogP contribution in [0.25, 0.3) is 0 Å². The molecule has 0 radical (unpaired) electrons. The second-order valence-corrected chi connectivity index (χ2v) is 4.59. The Bertz CT molecular complexity index is 410. The Morgan fingerprint density at radius 1 is 1.50 bits per heavy atom. The number of amides is 1. The number of carbonyl (C=O) groups excluding carboxylic acids is 1. The van der Waals surface area contributed by atoms with Gasteiger partial charge < -0.3 is 10.6 Å². The summed E-state index contributed by atoms with van der Waals surface area (Å²) in [4.78, 5) is 15.8. The first-order valence-electron chi connectivity index (χ1n) is 6.38. The van der Waals surface area contributed by atoms with Gasteiger partial charge in [0.1, 0.15) is 5.82 Å². The summed E-state index contributed by atoms with van der Waals surface area (Å²) in [5, 5.41) is 5.98. The number of hydrogen-bond donors (Lipinski definition) is 2. The van der Waals surface area contributed by atoms with Crippen molar-refractivity contribution < 1.29 is 4.79 Å². The van der Waals surface area contributed by atoms with Crippen molar-refractivity contribution in [1.82, 2.24) is 10.3 Å². The maximum absolute atomic E-state index is 11.6. The highest BCUT2D eigenvalue weighted by molar-refractivity contribution is 5.94. The Labute approximate surface area is 108 Å². The van der Waals surface area contributed by atoms with E-state index in [1.54, 1.807) is 18.3 Å². The van der Waals surface area contributed by atoms with Gasteiger partial charge in [0.05, 0.1) is 5.56 Å². The monoisotopic (exact) mass is 245 g/mol. The van der Waals surface area contributed by atoms with Crippen LogP contribution in [-0.2, 0) is 0 Å². The lowest BCUT2D eigenvalue weighted by Crippen LogP contribution is -2.23. The van der Waals surface area contributed by atoms with Crippen molar-refractivity contribution in [3.05, 3.63) is 36.5 Å². The zero-order valence-corrected chi connectivity index (χ0v) is 10.5. The summed E-state index contributed by atoms with van der Waals surface area (Å²) >= 11 is 0. The zero-order valence-electron chi connectivity index (χ0n) is 10.5. The molecule has 1 aliphatic carbocycles. The molecule has 1 saturated carbocycles. The van der Waals surface area contributed by atoms with Crippen LogP contribution in [0.5, 0.6) is 0 Å². The van der Waals surface area contributed by atoms with Crippen LogP contribution in [0, 0.1) is 5.92 Å². The highest BCUT2D eigenvalue weighted by atomic mass is 16.1. The maximum Gasteiger partial charge on any atom is 0.253 e. The first-order chi connectivity index (χ1) is 8.79. The molecule has 96 valence electrons. The van der Waals surface area contributed by atoms with E-state index >= 15 is 0 Å². The number of pyridine rings is 1. The fourth-order valence-electron chi connectivity index (χ4n) is 1.71. The molecule has 0 aromatic carbocycles. The fourth-order valence-corrected chi connectivity index (χ4v) is 1.71. The summed E-state index contributed by atoms with van der Waals surface area (Å²) in [7, 11) is 0. The molecule has 0 unspecified atom stereocenters. The third-order valence-electron chi connectivity index (χ3n) is 2.99. The molecule has 0 atom stereocenters. The molecule has 1 aliphatic rings. The first-order valence-corrected chi connectivity index (χ1v) is 6.38. The van der Waals surface area contributed by atoms with Gasteiger partial charge in [0.25, 0.3) is 5.91 Å². The van der Waals surface area contributed by atoms with E-state index in [1.165, 1.54) is 19.3 Å². The highest BCUT2D eigenvalue weighted by Crippen LogP contribution is 2.31. The quantitative estimate of drug-likeness (QED) is 0.724. The molecule has 18 heavy (non-hydrogen) atoms. The van der Waals surface area contributed by atoms with Crippen molar-refractivity contribution in [3.8, 4) is 0 Å². The minimum absolute atomic E-state index is 0.119. The van der Waals surface area contributed by atoms with E-state index < -0.39 is 0 Å². The molecule has 0 bridgehead atoms. The smallest absolute Gasteiger partial charge is 0.253 e. The Balaban J connectivity index is 1.79. The van der Waals surface area contributed by atoms with Gasteiger partial charge in [-0.15, -0.1) is 6.58 Å². The Morgan fingerprint density at radius 3 is 2.94 bits per heavy atom. The fraction of sp³-hybridized carbons (Fsp3) is 0.429. The van der Waals surface area contributed by atoms with E-state index in [0.717, 1.165) is 18.3 Å². The first kappa shape index (κ1) is 12.6. The van der Waals surface area contributed by atoms with E-state index in [0.29, 0.717) is 12.1 Å². The third kappa shape index (κ3) is 3.87. The van der Waals surface area contributed by atoms with E-state index in [4.69, 9.17) is 0 Å². The Morgan fingerprint density at radius 2 is 2.33 bits per heavy atom. The van der Waals surface area contributed by atoms with Gasteiger partial charge in [0.2, 0.25) is 0 Å². The lowest BCUT2D eigenvalue weighted by Gasteiger charge is -2.06. The van der Waals surface area contributed by atoms with Gasteiger partial charge in [-0.25, -0.2) is 4.98 Å². The molecule has 2 N–H and O–H groups in total. The Hall–Kier alpha value is -1.84. The third-order valence-corrected chi connectivity index (χ3v) is 2.99. The summed E-state index contributed by atoms with van der Waals surface area (Å²) < 4.78 is 0. The summed E-state index contributed by atoms with van der Waals surface area (Å²) in [6.45, 7) is 4.98. The molecule has 1 heterocycles. The SMILES string of the molecule is C=CCNC(=O)c1ccc(NCCC2CC2)nc1. The van der Waals surface area contributed by atoms with Crippen LogP contribution in [0.4, 0.5) is 5.82 Å². The second kappa shape index (κ2) is 6.19. The number of rotatable bonds is 7. The lowest BCUT2D eigenvalue weighted by atomic mass is 10.2. The predicted octanol–water partition coefficient (Wildman–Crippen LogP) is 2.21. The molecular weight excluding hydrogens is 226 g/mol. The average Bonchev–Trinajstić information content (AvgIpc) is 3.21. The number of hydrogen-bond acceptors (Lipinski definition) is 3. The van der Waals surface area contributed by atoms with E-state index in [9.17, 15) is 4.79 Å². The Kier molecular flexibility index (Phi) is 4.34. The van der Waals surface area contributed by atoms with Gasteiger partial charge in [0, 0.05) is 19.3 Å². The number of aromatic nitrogens is 1. The maximum atomic E-state index is 11.6. The van der Waals surface area contributed by atoms with Crippen molar-refractivity contribution in [3.63, 3.8) is 0 Å². The summed E-state index contributed by atoms with van der Waals surface area (Å²) in [6.07, 6.45) is 7.20. The molecule has 1 fully saturated rings. The minimum Gasteiger partial charge on any atom is -0.370 e. The van der Waals surface area contributed by atoms with E-state index in [2.05, 4.69) is 22.2 Å². The number of nitrogens with one attached hydrogen (secondary N) is 2. The van der Waals surface area contributed by atoms with Gasteiger partial charge in [-0.3, -0.25) is 4.79 Å². The van der Waals surface area contributed by atoms with Crippen molar-refractivity contribution >= 4 is 11.7 Å². The second-order valence-electron chi connectivity index (χ2n) is 4.59. The van der Waals surface area contributed by atoms with Gasteiger partial charge in [-0.1, -0.05) is 18.9 Å². The normalized spacial score (nSPS) is 14.0. The zero-order chi connectivity index (χ0) is 12.8. The van der Waals surface area contributed by atoms with E-state index in [1.807, 2.05) is 6.07 Å². The molecule has 0 spiro atoms. The van der Waals surface area contributed by atoms with Gasteiger partial charge in [0.15, 0.2) is 0 Å². The van der Waals surface area contributed by atoms with Crippen LogP contribution in [0.1, 0.15) is 29.6 Å². The van der Waals surface area contributed by atoms with Gasteiger partial charge >= 0.3 is 0 Å². The van der Waals surface area contributed by atoms with Crippen LogP contribution >= 0.6 is 0 Å². The van der Waals surface area contributed by atoms with Crippen molar-refractivity contribution in [2.75, 3.05) is 18.4 Å². The topological polar surface area (TPSA) is 54.0 Å². The van der Waals surface area contributed by atoms with Crippen molar-refractivity contribution in [2.45, 2.75) is 19.3 Å². The molecule has 0 aliphatic heterocycles. The largest absolute Gasteiger partial charge is 0.370 e. The molecule has 4 nitrogen and oxygen atoms in total. The molecule has 1 amide bonds. The number of carbonyl (C=O) groups is 1. The van der Waals surface area contributed by atoms with Crippen LogP contribution in [-0.4, -0.2) is 24.0 Å². The summed E-state index contributed by atoms with van der Waals surface area (Å²) in [5.74, 6) is 1.63. The van der Waals surface area contributed by atoms with Crippen LogP contribution in [0.2, 0.25) is 0 Å². The molecule has 4 heteroatoms. The van der Waals surface area contributed by atoms with Gasteiger partial charge in [-0.2, -0.15) is 0 Å². The molecule has 1 aromatic rings. The number of nitrogens with zero attached hydrogens (tertiary/aromatic N) is 1. The molecule has 2 rings (SSSR count). The van der Waals surface area contributed by atoms with E-state index in [-0.39, 0.29) is 5.91 Å².